The third-order valence-electron chi connectivity index (χ3n) is 4.52. The first kappa shape index (κ1) is 15.4. The van der Waals surface area contributed by atoms with Crippen LogP contribution in [0.3, 0.4) is 0 Å². The molecule has 0 saturated heterocycles. The van der Waals surface area contributed by atoms with Gasteiger partial charge >= 0.3 is 0 Å². The van der Waals surface area contributed by atoms with Crippen LogP contribution in [0.2, 0.25) is 0 Å². The Morgan fingerprint density at radius 1 is 1.30 bits per heavy atom. The molecule has 3 unspecified atom stereocenters. The fourth-order valence-electron chi connectivity index (χ4n) is 3.28. The van der Waals surface area contributed by atoms with Gasteiger partial charge in [0.1, 0.15) is 18.8 Å². The van der Waals surface area contributed by atoms with E-state index in [1.807, 2.05) is 6.92 Å². The summed E-state index contributed by atoms with van der Waals surface area (Å²) in [6, 6.07) is -0.736. The molecule has 1 aromatic rings. The van der Waals surface area contributed by atoms with Crippen molar-refractivity contribution in [2.75, 3.05) is 0 Å². The summed E-state index contributed by atoms with van der Waals surface area (Å²) < 4.78 is 28.5. The Morgan fingerprint density at radius 3 is 2.45 bits per heavy atom. The number of halogens is 2. The van der Waals surface area contributed by atoms with E-state index in [2.05, 4.69) is 10.1 Å². The van der Waals surface area contributed by atoms with E-state index in [-0.39, 0.29) is 5.92 Å². The Balaban J connectivity index is 2.22. The lowest BCUT2D eigenvalue weighted by Gasteiger charge is -2.37. The molecule has 6 heteroatoms. The Kier molecular flexibility index (Phi) is 4.73. The number of nitrogens with zero attached hydrogens (tertiary/aromatic N) is 3. The molecule has 114 valence electrons. The highest BCUT2D eigenvalue weighted by Gasteiger charge is 2.44. The van der Waals surface area contributed by atoms with Crippen molar-refractivity contribution in [3.8, 4) is 0 Å². The molecule has 1 aromatic heterocycles. The van der Waals surface area contributed by atoms with E-state index in [0.717, 1.165) is 32.6 Å². The maximum absolute atomic E-state index is 13.6. The molecule has 0 amide bonds. The predicted molar refractivity (Wildman–Crippen MR) is 71.4 cm³/mol. The highest BCUT2D eigenvalue weighted by atomic mass is 19.3. The van der Waals surface area contributed by atoms with Gasteiger partial charge in [-0.1, -0.05) is 39.0 Å². The molecular weight excluding hydrogens is 264 g/mol. The van der Waals surface area contributed by atoms with Crippen molar-refractivity contribution in [3.63, 3.8) is 0 Å². The van der Waals surface area contributed by atoms with Crippen LogP contribution in [0.15, 0.2) is 12.7 Å². The number of hydrogen-bond donors (Lipinski definition) is 1. The highest BCUT2D eigenvalue weighted by Crippen LogP contribution is 2.39. The lowest BCUT2D eigenvalue weighted by atomic mass is 9.75. The van der Waals surface area contributed by atoms with Gasteiger partial charge in [0.2, 0.25) is 0 Å². The molecule has 1 saturated carbocycles. The van der Waals surface area contributed by atoms with Gasteiger partial charge in [-0.05, 0) is 11.8 Å². The van der Waals surface area contributed by atoms with Gasteiger partial charge in [-0.25, -0.2) is 18.4 Å². The van der Waals surface area contributed by atoms with Crippen LogP contribution in [0, 0.1) is 11.8 Å². The second-order valence-electron chi connectivity index (χ2n) is 6.02. The van der Waals surface area contributed by atoms with Gasteiger partial charge in [-0.2, -0.15) is 5.10 Å². The molecule has 0 spiro atoms. The van der Waals surface area contributed by atoms with Crippen LogP contribution in [-0.2, 0) is 0 Å². The molecule has 4 nitrogen and oxygen atoms in total. The van der Waals surface area contributed by atoms with Gasteiger partial charge < -0.3 is 5.11 Å². The molecule has 3 atom stereocenters. The Bertz CT molecular complexity index is 399. The lowest BCUT2D eigenvalue weighted by molar-refractivity contribution is -0.129. The quantitative estimate of drug-likeness (QED) is 0.905. The minimum Gasteiger partial charge on any atom is -0.385 e. The molecule has 2 rings (SSSR count). The summed E-state index contributed by atoms with van der Waals surface area (Å²) in [6.07, 6.45) is 6.54. The van der Waals surface area contributed by atoms with Gasteiger partial charge in [-0.15, -0.1) is 0 Å². The number of alkyl halides is 2. The Morgan fingerprint density at radius 2 is 1.95 bits per heavy atom. The minimum atomic E-state index is -3.15. The summed E-state index contributed by atoms with van der Waals surface area (Å²) in [5, 5.41) is 14.1. The van der Waals surface area contributed by atoms with Gasteiger partial charge in [0, 0.05) is 6.92 Å². The minimum absolute atomic E-state index is 0.0576. The van der Waals surface area contributed by atoms with Gasteiger partial charge in [0.05, 0.1) is 6.04 Å². The van der Waals surface area contributed by atoms with E-state index in [1.54, 1.807) is 0 Å². The summed E-state index contributed by atoms with van der Waals surface area (Å²) in [4.78, 5) is 3.83. The number of rotatable bonds is 5. The number of aliphatic hydroxyl groups excluding tert-OH is 1. The van der Waals surface area contributed by atoms with E-state index in [9.17, 15) is 13.9 Å². The van der Waals surface area contributed by atoms with E-state index < -0.39 is 18.1 Å². The average Bonchev–Trinajstić information content (AvgIpc) is 2.92. The fourth-order valence-corrected chi connectivity index (χ4v) is 3.28. The fraction of sp³-hybridized carbons (Fsp3) is 0.857. The van der Waals surface area contributed by atoms with Crippen LogP contribution in [0.4, 0.5) is 8.78 Å². The van der Waals surface area contributed by atoms with Gasteiger partial charge in [0.15, 0.2) is 0 Å². The van der Waals surface area contributed by atoms with E-state index in [0.29, 0.717) is 5.92 Å². The Labute approximate surface area is 118 Å². The Hall–Kier alpha value is -1.04. The summed E-state index contributed by atoms with van der Waals surface area (Å²) in [5.74, 6) is -2.85. The third-order valence-corrected chi connectivity index (χ3v) is 4.52. The topological polar surface area (TPSA) is 50.9 Å². The summed E-state index contributed by atoms with van der Waals surface area (Å²) in [6.45, 7) is 2.70. The van der Waals surface area contributed by atoms with E-state index in [4.69, 9.17) is 0 Å². The van der Waals surface area contributed by atoms with Crippen molar-refractivity contribution in [3.05, 3.63) is 12.7 Å². The molecule has 0 bridgehead atoms. The molecule has 1 aliphatic rings. The number of aliphatic hydroxyl groups is 1. The molecule has 20 heavy (non-hydrogen) atoms. The molecular formula is C14H23F2N3O. The molecule has 1 N–H and O–H groups in total. The summed E-state index contributed by atoms with van der Waals surface area (Å²) in [5.41, 5.74) is 0. The van der Waals surface area contributed by atoms with Crippen molar-refractivity contribution < 1.29 is 13.9 Å². The predicted octanol–water partition coefficient (Wildman–Crippen LogP) is 3.05. The average molecular weight is 287 g/mol. The molecule has 1 fully saturated rings. The van der Waals surface area contributed by atoms with Crippen LogP contribution >= 0.6 is 0 Å². The van der Waals surface area contributed by atoms with Crippen molar-refractivity contribution >= 4 is 0 Å². The molecule has 0 radical (unpaired) electrons. The van der Waals surface area contributed by atoms with Crippen LogP contribution in [0.1, 0.15) is 52.0 Å². The molecule has 0 aromatic carbocycles. The number of aromatic nitrogens is 3. The largest absolute Gasteiger partial charge is 0.385 e. The van der Waals surface area contributed by atoms with Crippen LogP contribution in [-0.4, -0.2) is 31.9 Å². The van der Waals surface area contributed by atoms with Crippen LogP contribution in [0.25, 0.3) is 0 Å². The molecule has 0 aliphatic heterocycles. The zero-order chi connectivity index (χ0) is 14.8. The van der Waals surface area contributed by atoms with Gasteiger partial charge in [-0.3, -0.25) is 0 Å². The highest BCUT2D eigenvalue weighted by molar-refractivity contribution is 4.89. The monoisotopic (exact) mass is 287 g/mol. The first-order chi connectivity index (χ1) is 9.41. The van der Waals surface area contributed by atoms with Crippen molar-refractivity contribution in [2.45, 2.75) is 64.0 Å². The van der Waals surface area contributed by atoms with E-state index >= 15 is 0 Å². The normalized spacial score (nSPS) is 22.4. The lowest BCUT2D eigenvalue weighted by Crippen LogP contribution is -2.43. The summed E-state index contributed by atoms with van der Waals surface area (Å²) >= 11 is 0. The van der Waals surface area contributed by atoms with Crippen molar-refractivity contribution in [1.29, 1.82) is 0 Å². The third kappa shape index (κ3) is 3.34. The molecule has 1 heterocycles. The summed E-state index contributed by atoms with van der Waals surface area (Å²) in [7, 11) is 0. The standard InChI is InChI=1S/C14H23F2N3O/c1-10(11-6-4-3-5-7-11)12(13(20)14(2,15)16)19-9-17-8-18-19/h8-13,20H,3-7H2,1-2H3. The maximum atomic E-state index is 13.6. The van der Waals surface area contributed by atoms with Crippen LogP contribution in [0.5, 0.6) is 0 Å². The second kappa shape index (κ2) is 6.16. The SMILES string of the molecule is CC(C1CCCCC1)C(C(O)C(C)(F)F)n1cncn1. The molecule has 1 aliphatic carbocycles. The zero-order valence-corrected chi connectivity index (χ0v) is 12.0. The van der Waals surface area contributed by atoms with Crippen molar-refractivity contribution in [2.24, 2.45) is 11.8 Å². The number of hydrogen-bond acceptors (Lipinski definition) is 3. The van der Waals surface area contributed by atoms with Gasteiger partial charge in [0.25, 0.3) is 5.92 Å². The van der Waals surface area contributed by atoms with Crippen molar-refractivity contribution in [1.82, 2.24) is 14.8 Å². The van der Waals surface area contributed by atoms with Crippen LogP contribution < -0.4 is 0 Å². The maximum Gasteiger partial charge on any atom is 0.272 e. The first-order valence-electron chi connectivity index (χ1n) is 7.31. The second-order valence-corrected chi connectivity index (χ2v) is 6.02. The smallest absolute Gasteiger partial charge is 0.272 e. The first-order valence-corrected chi connectivity index (χ1v) is 7.31. The zero-order valence-electron chi connectivity index (χ0n) is 12.0. The van der Waals surface area contributed by atoms with E-state index in [1.165, 1.54) is 23.8 Å².